The van der Waals surface area contributed by atoms with E-state index in [0.29, 0.717) is 5.82 Å². The summed E-state index contributed by atoms with van der Waals surface area (Å²) in [6, 6.07) is 3.06. The quantitative estimate of drug-likeness (QED) is 0.544. The average Bonchev–Trinajstić information content (AvgIpc) is 2.76. The topological polar surface area (TPSA) is 111 Å². The SMILES string of the molecule is O=C(Nc1ccc[nH]1)Nc1nnn[nH]1. The summed E-state index contributed by atoms with van der Waals surface area (Å²) in [5.41, 5.74) is 0. The first-order chi connectivity index (χ1) is 6.84. The van der Waals surface area contributed by atoms with Gasteiger partial charge in [0.15, 0.2) is 0 Å². The average molecular weight is 193 g/mol. The number of nitrogens with one attached hydrogen (secondary N) is 4. The van der Waals surface area contributed by atoms with Gasteiger partial charge in [0.1, 0.15) is 5.82 Å². The van der Waals surface area contributed by atoms with Gasteiger partial charge in [-0.3, -0.25) is 10.6 Å². The van der Waals surface area contributed by atoms with Gasteiger partial charge in [0.2, 0.25) is 5.95 Å². The number of tetrazole rings is 1. The summed E-state index contributed by atoms with van der Waals surface area (Å²) in [5, 5.41) is 17.4. The molecule has 0 saturated heterocycles. The fourth-order valence-electron chi connectivity index (χ4n) is 0.881. The predicted octanol–water partition coefficient (Wildman–Crippen LogP) is 0.172. The zero-order valence-electron chi connectivity index (χ0n) is 6.98. The fourth-order valence-corrected chi connectivity index (χ4v) is 0.881. The van der Waals surface area contributed by atoms with Crippen LogP contribution in [0.1, 0.15) is 0 Å². The Labute approximate surface area is 78.1 Å². The second-order valence-electron chi connectivity index (χ2n) is 2.41. The van der Waals surface area contributed by atoms with Gasteiger partial charge in [-0.2, -0.15) is 0 Å². The number of carbonyl (C=O) groups is 1. The number of carbonyl (C=O) groups excluding carboxylic acids is 1. The summed E-state index contributed by atoms with van der Waals surface area (Å²) >= 11 is 0. The maximum absolute atomic E-state index is 11.2. The Morgan fingerprint density at radius 2 is 2.36 bits per heavy atom. The summed E-state index contributed by atoms with van der Waals surface area (Å²) in [6.07, 6.45) is 1.70. The van der Waals surface area contributed by atoms with E-state index in [9.17, 15) is 4.79 Å². The van der Waals surface area contributed by atoms with Gasteiger partial charge in [-0.05, 0) is 22.6 Å². The molecule has 0 saturated carbocycles. The van der Waals surface area contributed by atoms with E-state index in [1.54, 1.807) is 18.3 Å². The van der Waals surface area contributed by atoms with Crippen LogP contribution in [0.4, 0.5) is 16.6 Å². The van der Waals surface area contributed by atoms with E-state index >= 15 is 0 Å². The molecular formula is C6H7N7O. The highest BCUT2D eigenvalue weighted by atomic mass is 16.2. The number of amides is 2. The lowest BCUT2D eigenvalue weighted by molar-refractivity contribution is 0.262. The highest BCUT2D eigenvalue weighted by Crippen LogP contribution is 2.01. The van der Waals surface area contributed by atoms with Crippen molar-refractivity contribution in [2.24, 2.45) is 0 Å². The normalized spacial score (nSPS) is 9.71. The molecule has 2 rings (SSSR count). The molecular weight excluding hydrogens is 186 g/mol. The van der Waals surface area contributed by atoms with Crippen LogP contribution in [0.5, 0.6) is 0 Å². The van der Waals surface area contributed by atoms with Crippen LogP contribution < -0.4 is 10.6 Å². The predicted molar refractivity (Wildman–Crippen MR) is 47.6 cm³/mol. The Balaban J connectivity index is 1.91. The van der Waals surface area contributed by atoms with Gasteiger partial charge in [-0.25, -0.2) is 9.89 Å². The van der Waals surface area contributed by atoms with Gasteiger partial charge in [0.05, 0.1) is 0 Å². The van der Waals surface area contributed by atoms with Crippen LogP contribution in [0.2, 0.25) is 0 Å². The molecule has 0 bridgehead atoms. The molecule has 0 atom stereocenters. The molecule has 2 aromatic heterocycles. The molecule has 0 aliphatic carbocycles. The van der Waals surface area contributed by atoms with Crippen molar-refractivity contribution in [1.82, 2.24) is 25.6 Å². The maximum atomic E-state index is 11.2. The van der Waals surface area contributed by atoms with Crippen LogP contribution in [0, 0.1) is 0 Å². The van der Waals surface area contributed by atoms with Crippen molar-refractivity contribution in [3.05, 3.63) is 18.3 Å². The van der Waals surface area contributed by atoms with Crippen LogP contribution in [-0.2, 0) is 0 Å². The lowest BCUT2D eigenvalue weighted by Crippen LogP contribution is -2.20. The third-order valence-electron chi connectivity index (χ3n) is 1.42. The summed E-state index contributed by atoms with van der Waals surface area (Å²) in [7, 11) is 0. The number of hydrogen-bond acceptors (Lipinski definition) is 4. The highest BCUT2D eigenvalue weighted by molar-refractivity contribution is 5.97. The Morgan fingerprint density at radius 3 is 3.00 bits per heavy atom. The molecule has 8 nitrogen and oxygen atoms in total. The van der Waals surface area contributed by atoms with Gasteiger partial charge in [-0.1, -0.05) is 5.10 Å². The number of hydrogen-bond donors (Lipinski definition) is 4. The number of H-pyrrole nitrogens is 2. The lowest BCUT2D eigenvalue weighted by Gasteiger charge is -2.01. The number of anilines is 2. The molecule has 8 heteroatoms. The van der Waals surface area contributed by atoms with E-state index in [-0.39, 0.29) is 5.95 Å². The fraction of sp³-hybridized carbons (Fsp3) is 0. The smallest absolute Gasteiger partial charge is 0.327 e. The number of nitrogens with zero attached hydrogens (tertiary/aromatic N) is 3. The summed E-state index contributed by atoms with van der Waals surface area (Å²) in [5.74, 6) is 0.782. The van der Waals surface area contributed by atoms with Crippen LogP contribution in [0.25, 0.3) is 0 Å². The molecule has 72 valence electrons. The van der Waals surface area contributed by atoms with Crippen LogP contribution in [0.3, 0.4) is 0 Å². The number of urea groups is 1. The molecule has 0 spiro atoms. The van der Waals surface area contributed by atoms with Gasteiger partial charge in [0, 0.05) is 6.20 Å². The number of aromatic nitrogens is 5. The molecule has 0 unspecified atom stereocenters. The minimum Gasteiger partial charge on any atom is -0.348 e. The Bertz CT molecular complexity index is 354. The first-order valence-electron chi connectivity index (χ1n) is 3.80. The van der Waals surface area contributed by atoms with Crippen molar-refractivity contribution < 1.29 is 4.79 Å². The molecule has 4 N–H and O–H groups in total. The van der Waals surface area contributed by atoms with Crippen molar-refractivity contribution in [2.45, 2.75) is 0 Å². The van der Waals surface area contributed by atoms with Crippen LogP contribution in [-0.4, -0.2) is 31.6 Å². The molecule has 2 aromatic rings. The number of rotatable bonds is 2. The Morgan fingerprint density at radius 1 is 1.43 bits per heavy atom. The van der Waals surface area contributed by atoms with E-state index in [1.807, 2.05) is 0 Å². The summed E-state index contributed by atoms with van der Waals surface area (Å²) < 4.78 is 0. The first-order valence-corrected chi connectivity index (χ1v) is 3.80. The van der Waals surface area contributed by atoms with E-state index in [2.05, 4.69) is 36.2 Å². The maximum Gasteiger partial charge on any atom is 0.327 e. The van der Waals surface area contributed by atoms with Crippen LogP contribution in [0.15, 0.2) is 18.3 Å². The third-order valence-corrected chi connectivity index (χ3v) is 1.42. The Hall–Kier alpha value is -2.38. The molecule has 0 aromatic carbocycles. The molecule has 0 fully saturated rings. The van der Waals surface area contributed by atoms with Gasteiger partial charge >= 0.3 is 6.03 Å². The molecule has 0 aliphatic heterocycles. The molecule has 2 heterocycles. The van der Waals surface area contributed by atoms with Gasteiger partial charge in [-0.15, -0.1) is 0 Å². The van der Waals surface area contributed by atoms with Crippen molar-refractivity contribution in [3.8, 4) is 0 Å². The van der Waals surface area contributed by atoms with Crippen molar-refractivity contribution in [2.75, 3.05) is 10.6 Å². The first kappa shape index (κ1) is 8.23. The van der Waals surface area contributed by atoms with E-state index in [4.69, 9.17) is 0 Å². The minimum absolute atomic E-state index is 0.189. The molecule has 0 radical (unpaired) electrons. The second kappa shape index (κ2) is 3.56. The van der Waals surface area contributed by atoms with Crippen molar-refractivity contribution in [1.29, 1.82) is 0 Å². The second-order valence-corrected chi connectivity index (χ2v) is 2.41. The van der Waals surface area contributed by atoms with Gasteiger partial charge in [0.25, 0.3) is 0 Å². The highest BCUT2D eigenvalue weighted by Gasteiger charge is 2.04. The summed E-state index contributed by atoms with van der Waals surface area (Å²) in [6.45, 7) is 0. The monoisotopic (exact) mass is 193 g/mol. The summed E-state index contributed by atoms with van der Waals surface area (Å²) in [4.78, 5) is 14.0. The Kier molecular flexibility index (Phi) is 2.09. The minimum atomic E-state index is -0.425. The van der Waals surface area contributed by atoms with E-state index < -0.39 is 6.03 Å². The zero-order valence-corrected chi connectivity index (χ0v) is 6.98. The van der Waals surface area contributed by atoms with Crippen molar-refractivity contribution in [3.63, 3.8) is 0 Å². The standard InChI is InChI=1S/C6H7N7O/c14-6(8-4-2-1-3-7-4)9-5-10-12-13-11-5/h1-3,7H,(H3,8,9,10,11,12,13,14). The van der Waals surface area contributed by atoms with E-state index in [0.717, 1.165) is 0 Å². The van der Waals surface area contributed by atoms with E-state index in [1.165, 1.54) is 0 Å². The molecule has 14 heavy (non-hydrogen) atoms. The number of aromatic amines is 2. The third kappa shape index (κ3) is 1.86. The van der Waals surface area contributed by atoms with Crippen molar-refractivity contribution >= 4 is 17.8 Å². The van der Waals surface area contributed by atoms with Gasteiger partial charge < -0.3 is 4.98 Å². The molecule has 0 aliphatic rings. The molecule has 2 amide bonds. The van der Waals surface area contributed by atoms with Crippen LogP contribution >= 0.6 is 0 Å². The largest absolute Gasteiger partial charge is 0.348 e. The zero-order chi connectivity index (χ0) is 9.80. The lowest BCUT2D eigenvalue weighted by atomic mass is 10.6.